The molecule has 0 saturated carbocycles. The third kappa shape index (κ3) is 5.15. The maximum Gasteiger partial charge on any atom is 0.240 e. The average molecular weight is 502 g/mol. The summed E-state index contributed by atoms with van der Waals surface area (Å²) in [6, 6.07) is 11.4. The number of hydrogen-bond acceptors (Lipinski definition) is 7. The van der Waals surface area contributed by atoms with Crippen LogP contribution in [0.25, 0.3) is 0 Å². The van der Waals surface area contributed by atoms with Gasteiger partial charge in [0, 0.05) is 35.3 Å². The first kappa shape index (κ1) is 24.3. The number of nitrogens with zero attached hydrogens (tertiary/aromatic N) is 4. The fourth-order valence-electron chi connectivity index (χ4n) is 4.05. The summed E-state index contributed by atoms with van der Waals surface area (Å²) < 4.78 is 11.1. The summed E-state index contributed by atoms with van der Waals surface area (Å²) in [6.07, 6.45) is 0.345. The summed E-state index contributed by atoms with van der Waals surface area (Å²) in [5.41, 5.74) is 2.61. The van der Waals surface area contributed by atoms with Gasteiger partial charge in [0.15, 0.2) is 5.82 Å². The third-order valence-electron chi connectivity index (χ3n) is 5.52. The molecule has 2 heterocycles. The van der Waals surface area contributed by atoms with Gasteiger partial charge >= 0.3 is 0 Å². The van der Waals surface area contributed by atoms with Crippen molar-refractivity contribution >= 4 is 35.0 Å². The van der Waals surface area contributed by atoms with Crippen molar-refractivity contribution in [1.82, 2.24) is 20.6 Å². The van der Waals surface area contributed by atoms with Gasteiger partial charge in [0.25, 0.3) is 0 Å². The maximum atomic E-state index is 14.0. The van der Waals surface area contributed by atoms with Gasteiger partial charge in [-0.25, -0.2) is 0 Å². The van der Waals surface area contributed by atoms with E-state index in [4.69, 9.17) is 21.1 Å². The van der Waals surface area contributed by atoms with Gasteiger partial charge in [-0.15, -0.1) is 22.0 Å². The van der Waals surface area contributed by atoms with E-state index in [1.807, 2.05) is 41.3 Å². The SMILES string of the molecule is COc1ccc(C2SC(Cc3nn[nH]n3)C(=O)N(CC(C)(C)C)c3ccc(Cl)cc32)c(OC)c1. The molecule has 2 atom stereocenters. The Bertz CT molecular complexity index is 1170. The Morgan fingerprint density at radius 1 is 1.12 bits per heavy atom. The zero-order valence-corrected chi connectivity index (χ0v) is 21.4. The summed E-state index contributed by atoms with van der Waals surface area (Å²) in [6.45, 7) is 6.90. The molecule has 1 N–H and O–H groups in total. The van der Waals surface area contributed by atoms with Crippen LogP contribution in [-0.2, 0) is 11.2 Å². The molecule has 1 aromatic heterocycles. The molecule has 0 spiro atoms. The lowest BCUT2D eigenvalue weighted by Crippen LogP contribution is -2.42. The zero-order chi connectivity index (χ0) is 24.5. The number of carbonyl (C=O) groups is 1. The van der Waals surface area contributed by atoms with Crippen molar-refractivity contribution in [2.75, 3.05) is 25.7 Å². The van der Waals surface area contributed by atoms with Crippen LogP contribution in [0.4, 0.5) is 5.69 Å². The van der Waals surface area contributed by atoms with Crippen LogP contribution in [0.1, 0.15) is 43.0 Å². The van der Waals surface area contributed by atoms with Crippen molar-refractivity contribution < 1.29 is 14.3 Å². The number of ether oxygens (including phenoxy) is 2. The van der Waals surface area contributed by atoms with Gasteiger partial charge in [0.2, 0.25) is 5.91 Å². The summed E-state index contributed by atoms with van der Waals surface area (Å²) >= 11 is 8.02. The molecule has 0 bridgehead atoms. The van der Waals surface area contributed by atoms with Crippen molar-refractivity contribution in [2.24, 2.45) is 5.41 Å². The van der Waals surface area contributed by atoms with Gasteiger partial charge in [-0.05, 0) is 35.2 Å². The number of rotatable bonds is 6. The average Bonchev–Trinajstić information content (AvgIpc) is 3.29. The molecule has 0 fully saturated rings. The first-order valence-electron chi connectivity index (χ1n) is 10.9. The molecule has 2 aromatic carbocycles. The summed E-state index contributed by atoms with van der Waals surface area (Å²) in [4.78, 5) is 15.8. The lowest BCUT2D eigenvalue weighted by Gasteiger charge is -2.31. The van der Waals surface area contributed by atoms with Gasteiger partial charge in [-0.2, -0.15) is 5.21 Å². The molecule has 8 nitrogen and oxygen atoms in total. The maximum absolute atomic E-state index is 14.0. The molecule has 4 rings (SSSR count). The number of hydrogen-bond donors (Lipinski definition) is 1. The Labute approximate surface area is 208 Å². The van der Waals surface area contributed by atoms with E-state index >= 15 is 0 Å². The van der Waals surface area contributed by atoms with E-state index in [0.29, 0.717) is 35.3 Å². The van der Waals surface area contributed by atoms with E-state index in [2.05, 4.69) is 41.4 Å². The number of H-pyrrole nitrogens is 1. The highest BCUT2D eigenvalue weighted by atomic mass is 35.5. The van der Waals surface area contributed by atoms with Gasteiger partial charge in [-0.3, -0.25) is 4.79 Å². The molecule has 1 amide bonds. The highest BCUT2D eigenvalue weighted by Gasteiger charge is 2.39. The first-order valence-corrected chi connectivity index (χ1v) is 12.2. The standard InChI is InChI=1S/C24H28ClN5O3S/c1-24(2,3)13-30-18-9-6-14(25)10-17(18)22(16-8-7-15(32-4)11-19(16)33-5)34-20(23(30)31)12-21-26-28-29-27-21/h6-11,20,22H,12-13H2,1-5H3,(H,26,27,28,29). The highest BCUT2D eigenvalue weighted by molar-refractivity contribution is 8.01. The lowest BCUT2D eigenvalue weighted by atomic mass is 9.94. The summed E-state index contributed by atoms with van der Waals surface area (Å²) in [5.74, 6) is 1.87. The second-order valence-electron chi connectivity index (χ2n) is 9.33. The summed E-state index contributed by atoms with van der Waals surface area (Å²) in [7, 11) is 3.25. The molecule has 0 radical (unpaired) electrons. The van der Waals surface area contributed by atoms with Crippen LogP contribution in [0.3, 0.4) is 0 Å². The van der Waals surface area contributed by atoms with Gasteiger partial charge in [-0.1, -0.05) is 43.7 Å². The number of amides is 1. The van der Waals surface area contributed by atoms with Gasteiger partial charge < -0.3 is 14.4 Å². The van der Waals surface area contributed by atoms with Crippen LogP contribution < -0.4 is 14.4 Å². The number of fused-ring (bicyclic) bond motifs is 1. The number of aromatic amines is 1. The Morgan fingerprint density at radius 3 is 2.56 bits per heavy atom. The van der Waals surface area contributed by atoms with Gasteiger partial charge in [0.05, 0.1) is 24.7 Å². The summed E-state index contributed by atoms with van der Waals surface area (Å²) in [5, 5.41) is 14.3. The lowest BCUT2D eigenvalue weighted by molar-refractivity contribution is -0.118. The minimum absolute atomic E-state index is 0.00303. The first-order chi connectivity index (χ1) is 16.2. The Hall–Kier alpha value is -2.78. The molecule has 1 aliphatic heterocycles. The molecular weight excluding hydrogens is 474 g/mol. The second kappa shape index (κ2) is 9.84. The molecular formula is C24H28ClN5O3S. The fraction of sp³-hybridized carbons (Fsp3) is 0.417. The van der Waals surface area contributed by atoms with E-state index in [1.54, 1.807) is 26.0 Å². The molecule has 34 heavy (non-hydrogen) atoms. The number of thioether (sulfide) groups is 1. The molecule has 10 heteroatoms. The fourth-order valence-corrected chi connectivity index (χ4v) is 5.73. The van der Waals surface area contributed by atoms with E-state index < -0.39 is 5.25 Å². The van der Waals surface area contributed by atoms with Crippen LogP contribution in [0.15, 0.2) is 36.4 Å². The topological polar surface area (TPSA) is 93.2 Å². The van der Waals surface area contributed by atoms with Crippen molar-refractivity contribution in [3.05, 3.63) is 58.4 Å². The van der Waals surface area contributed by atoms with E-state index in [0.717, 1.165) is 16.8 Å². The minimum Gasteiger partial charge on any atom is -0.497 e. The molecule has 1 aliphatic rings. The molecule has 0 saturated heterocycles. The number of tetrazole rings is 1. The number of anilines is 1. The number of nitrogens with one attached hydrogen (secondary N) is 1. The monoisotopic (exact) mass is 501 g/mol. The Kier molecular flexibility index (Phi) is 7.04. The van der Waals surface area contributed by atoms with Crippen molar-refractivity contribution in [3.8, 4) is 11.5 Å². The van der Waals surface area contributed by atoms with Crippen molar-refractivity contribution in [1.29, 1.82) is 0 Å². The van der Waals surface area contributed by atoms with E-state index in [9.17, 15) is 4.79 Å². The number of carbonyl (C=O) groups excluding carboxylic acids is 1. The largest absolute Gasteiger partial charge is 0.497 e. The van der Waals surface area contributed by atoms with Crippen LogP contribution in [0.2, 0.25) is 5.02 Å². The minimum atomic E-state index is -0.442. The normalized spacial score (nSPS) is 18.4. The Morgan fingerprint density at radius 2 is 1.91 bits per heavy atom. The van der Waals surface area contributed by atoms with Crippen LogP contribution in [0.5, 0.6) is 11.5 Å². The molecule has 2 unspecified atom stereocenters. The number of benzene rings is 2. The number of halogens is 1. The molecule has 180 valence electrons. The van der Waals surface area contributed by atoms with Crippen LogP contribution in [-0.4, -0.2) is 52.5 Å². The predicted molar refractivity (Wildman–Crippen MR) is 134 cm³/mol. The van der Waals surface area contributed by atoms with Gasteiger partial charge in [0.1, 0.15) is 11.5 Å². The molecule has 3 aromatic rings. The highest BCUT2D eigenvalue weighted by Crippen LogP contribution is 2.50. The quantitative estimate of drug-likeness (QED) is 0.523. The predicted octanol–water partition coefficient (Wildman–Crippen LogP) is 4.70. The zero-order valence-electron chi connectivity index (χ0n) is 19.8. The van der Waals surface area contributed by atoms with E-state index in [-0.39, 0.29) is 16.6 Å². The van der Waals surface area contributed by atoms with E-state index in [1.165, 1.54) is 0 Å². The number of methoxy groups -OCH3 is 2. The number of aromatic nitrogens is 4. The van der Waals surface area contributed by atoms with Crippen LogP contribution in [0, 0.1) is 5.41 Å². The van der Waals surface area contributed by atoms with Crippen LogP contribution >= 0.6 is 23.4 Å². The second-order valence-corrected chi connectivity index (χ2v) is 11.1. The molecule has 0 aliphatic carbocycles. The smallest absolute Gasteiger partial charge is 0.240 e. The van der Waals surface area contributed by atoms with Crippen molar-refractivity contribution in [3.63, 3.8) is 0 Å². The van der Waals surface area contributed by atoms with Crippen molar-refractivity contribution in [2.45, 2.75) is 37.7 Å². The third-order valence-corrected chi connectivity index (χ3v) is 7.23. The Balaban J connectivity index is 1.89.